The average Bonchev–Trinajstić information content (AvgIpc) is 2.67. The Morgan fingerprint density at radius 1 is 1.45 bits per heavy atom. The van der Waals surface area contributed by atoms with Gasteiger partial charge in [0.15, 0.2) is 0 Å². The van der Waals surface area contributed by atoms with Gasteiger partial charge in [0.2, 0.25) is 0 Å². The molecule has 5 nitrogen and oxygen atoms in total. The minimum Gasteiger partial charge on any atom is -0.396 e. The molecule has 1 heterocycles. The molecule has 0 unspecified atom stereocenters. The molecule has 29 heavy (non-hydrogen) atoms. The van der Waals surface area contributed by atoms with Crippen LogP contribution in [0.2, 0.25) is 0 Å². The van der Waals surface area contributed by atoms with E-state index < -0.39 is 48.7 Å². The Kier molecular flexibility index (Phi) is 8.45. The maximum Gasteiger partial charge on any atom is 0.471 e. The molecular weight excluding hydrogens is 462 g/mol. The van der Waals surface area contributed by atoms with Crippen molar-refractivity contribution in [3.63, 3.8) is 0 Å². The largest absolute Gasteiger partial charge is 0.471 e. The number of carbonyl (C=O) groups is 1. The highest BCUT2D eigenvalue weighted by atomic mass is 79.9. The van der Waals surface area contributed by atoms with Crippen LogP contribution in [0, 0.1) is 11.7 Å². The van der Waals surface area contributed by atoms with Gasteiger partial charge in [-0.3, -0.25) is 4.79 Å². The lowest BCUT2D eigenvalue weighted by Gasteiger charge is -2.46. The Morgan fingerprint density at radius 2 is 2.17 bits per heavy atom. The molecule has 2 rings (SSSR count). The summed E-state index contributed by atoms with van der Waals surface area (Å²) in [6.45, 7) is 1.71. The summed E-state index contributed by atoms with van der Waals surface area (Å²) >= 11 is 3.17. The second-order valence-corrected chi connectivity index (χ2v) is 7.94. The fraction of sp³-hybridized carbons (Fsp3) is 0.632. The van der Waals surface area contributed by atoms with Gasteiger partial charge in [-0.15, -0.1) is 0 Å². The summed E-state index contributed by atoms with van der Waals surface area (Å²) < 4.78 is 65.1. The molecule has 1 amide bonds. The number of nitrogens with one attached hydrogen (secondary N) is 1. The van der Waals surface area contributed by atoms with Crippen LogP contribution in [0.4, 0.5) is 17.6 Å². The Labute approximate surface area is 174 Å². The summed E-state index contributed by atoms with van der Waals surface area (Å²) in [5.74, 6) is -3.95. The van der Waals surface area contributed by atoms with Crippen molar-refractivity contribution in [3.8, 4) is 0 Å². The van der Waals surface area contributed by atoms with Gasteiger partial charge < -0.3 is 19.9 Å². The number of halogens is 5. The van der Waals surface area contributed by atoms with Crippen LogP contribution in [0.5, 0.6) is 0 Å². The summed E-state index contributed by atoms with van der Waals surface area (Å²) in [5, 5.41) is 11.8. The van der Waals surface area contributed by atoms with Crippen molar-refractivity contribution in [2.45, 2.75) is 44.0 Å². The van der Waals surface area contributed by atoms with E-state index in [1.165, 1.54) is 12.1 Å². The van der Waals surface area contributed by atoms with E-state index in [0.717, 1.165) is 18.9 Å². The van der Waals surface area contributed by atoms with Crippen molar-refractivity contribution in [2.75, 3.05) is 26.4 Å². The van der Waals surface area contributed by atoms with Crippen LogP contribution in [-0.2, 0) is 19.8 Å². The molecule has 1 aliphatic rings. The maximum atomic E-state index is 14.6. The minimum absolute atomic E-state index is 0.0900. The van der Waals surface area contributed by atoms with Crippen molar-refractivity contribution in [1.82, 2.24) is 5.32 Å². The third-order valence-corrected chi connectivity index (χ3v) is 5.45. The molecule has 1 aromatic rings. The minimum atomic E-state index is -5.17. The zero-order valence-electron chi connectivity index (χ0n) is 15.9. The van der Waals surface area contributed by atoms with Crippen LogP contribution in [0.25, 0.3) is 0 Å². The Bertz CT molecular complexity index is 703. The molecule has 3 atom stereocenters. The van der Waals surface area contributed by atoms with E-state index in [9.17, 15) is 27.5 Å². The van der Waals surface area contributed by atoms with E-state index in [0.29, 0.717) is 11.1 Å². The molecule has 0 aromatic heterocycles. The zero-order chi connectivity index (χ0) is 21.7. The first-order valence-electron chi connectivity index (χ1n) is 9.29. The summed E-state index contributed by atoms with van der Waals surface area (Å²) in [4.78, 5) is 11.8. The molecule has 1 fully saturated rings. The lowest BCUT2D eigenvalue weighted by atomic mass is 9.74. The molecule has 0 spiro atoms. The van der Waals surface area contributed by atoms with E-state index in [1.54, 1.807) is 0 Å². The van der Waals surface area contributed by atoms with Gasteiger partial charge in [0.25, 0.3) is 0 Å². The number of rotatable bonds is 8. The standard InChI is InChI=1S/C19H24BrF4NO4/c1-2-3-6-28-10-14-7-12(9-26)18(11-29-14,25-17(27)19(22,23)24)15-8-13(20)4-5-16(15)21/h4-5,8,12,14,26H,2-3,6-7,9-11H2,1H3,(H,25,27)/t12-,14+,18-/m0/s1. The number of amides is 1. The summed E-state index contributed by atoms with van der Waals surface area (Å²) in [5.41, 5.74) is -2.07. The summed E-state index contributed by atoms with van der Waals surface area (Å²) in [7, 11) is 0. The Hall–Kier alpha value is -1.23. The van der Waals surface area contributed by atoms with Gasteiger partial charge in [-0.2, -0.15) is 13.2 Å². The fourth-order valence-electron chi connectivity index (χ4n) is 3.38. The molecule has 2 N–H and O–H groups in total. The van der Waals surface area contributed by atoms with Crippen molar-refractivity contribution >= 4 is 21.8 Å². The third kappa shape index (κ3) is 5.90. The monoisotopic (exact) mass is 485 g/mol. The zero-order valence-corrected chi connectivity index (χ0v) is 17.5. The number of hydrogen-bond donors (Lipinski definition) is 2. The highest BCUT2D eigenvalue weighted by Crippen LogP contribution is 2.40. The molecule has 1 saturated heterocycles. The van der Waals surface area contributed by atoms with Crippen LogP contribution < -0.4 is 5.32 Å². The highest BCUT2D eigenvalue weighted by molar-refractivity contribution is 9.10. The lowest BCUT2D eigenvalue weighted by Crippen LogP contribution is -2.62. The van der Waals surface area contributed by atoms with Crippen LogP contribution in [0.15, 0.2) is 22.7 Å². The summed E-state index contributed by atoms with van der Waals surface area (Å²) in [6, 6.07) is 3.76. The van der Waals surface area contributed by atoms with E-state index in [1.807, 2.05) is 12.2 Å². The van der Waals surface area contributed by atoms with Gasteiger partial charge in [0.1, 0.15) is 5.82 Å². The molecule has 0 bridgehead atoms. The Balaban J connectivity index is 2.34. The smallest absolute Gasteiger partial charge is 0.396 e. The van der Waals surface area contributed by atoms with Crippen LogP contribution >= 0.6 is 15.9 Å². The van der Waals surface area contributed by atoms with Crippen molar-refractivity contribution in [1.29, 1.82) is 0 Å². The highest BCUT2D eigenvalue weighted by Gasteiger charge is 2.52. The topological polar surface area (TPSA) is 67.8 Å². The molecule has 10 heteroatoms. The van der Waals surface area contributed by atoms with E-state index in [2.05, 4.69) is 15.9 Å². The second kappa shape index (κ2) is 10.2. The molecule has 1 aliphatic heterocycles. The number of alkyl halides is 3. The van der Waals surface area contributed by atoms with Gasteiger partial charge in [0, 0.05) is 29.2 Å². The van der Waals surface area contributed by atoms with E-state index in [4.69, 9.17) is 9.47 Å². The number of hydrogen-bond acceptors (Lipinski definition) is 4. The third-order valence-electron chi connectivity index (χ3n) is 4.96. The normalized spacial score (nSPS) is 25.1. The van der Waals surface area contributed by atoms with Gasteiger partial charge >= 0.3 is 12.1 Å². The number of aliphatic hydroxyl groups is 1. The molecule has 164 valence electrons. The van der Waals surface area contributed by atoms with Crippen molar-refractivity contribution in [3.05, 3.63) is 34.1 Å². The van der Waals surface area contributed by atoms with E-state index >= 15 is 0 Å². The number of unbranched alkanes of at least 4 members (excludes halogenated alkanes) is 1. The van der Waals surface area contributed by atoms with Crippen LogP contribution in [-0.4, -0.2) is 49.7 Å². The molecule has 0 aliphatic carbocycles. The lowest BCUT2D eigenvalue weighted by molar-refractivity contribution is -0.182. The van der Waals surface area contributed by atoms with Crippen molar-refractivity contribution < 1.29 is 36.9 Å². The number of carbonyl (C=O) groups excluding carboxylic acids is 1. The molecular formula is C19H24BrF4NO4. The molecule has 0 saturated carbocycles. The fourth-order valence-corrected chi connectivity index (χ4v) is 3.74. The first-order valence-corrected chi connectivity index (χ1v) is 10.1. The number of ether oxygens (including phenoxy) is 2. The van der Waals surface area contributed by atoms with Gasteiger partial charge in [-0.05, 0) is 31.0 Å². The number of benzene rings is 1. The molecule has 0 radical (unpaired) electrons. The van der Waals surface area contributed by atoms with Gasteiger partial charge in [0.05, 0.1) is 24.9 Å². The SMILES string of the molecule is CCCCOC[C@H]1C[C@@H](CO)[C@](NC(=O)C(F)(F)F)(c2cc(Br)ccc2F)CO1. The second-order valence-electron chi connectivity index (χ2n) is 7.02. The van der Waals surface area contributed by atoms with Gasteiger partial charge in [-0.1, -0.05) is 29.3 Å². The first-order chi connectivity index (χ1) is 13.6. The Morgan fingerprint density at radius 3 is 2.79 bits per heavy atom. The first kappa shape index (κ1) is 24.0. The van der Waals surface area contributed by atoms with Crippen LogP contribution in [0.1, 0.15) is 31.7 Å². The van der Waals surface area contributed by atoms with Crippen molar-refractivity contribution in [2.24, 2.45) is 5.92 Å². The summed E-state index contributed by atoms with van der Waals surface area (Å²) in [6.07, 6.45) is -3.78. The predicted molar refractivity (Wildman–Crippen MR) is 101 cm³/mol. The number of aliphatic hydroxyl groups excluding tert-OH is 1. The molecule has 1 aromatic carbocycles. The predicted octanol–water partition coefficient (Wildman–Crippen LogP) is 3.68. The average molecular weight is 486 g/mol. The maximum absolute atomic E-state index is 14.6. The van der Waals surface area contributed by atoms with E-state index in [-0.39, 0.29) is 18.6 Å². The van der Waals surface area contributed by atoms with Crippen LogP contribution in [0.3, 0.4) is 0 Å². The quantitative estimate of drug-likeness (QED) is 0.435. The van der Waals surface area contributed by atoms with Gasteiger partial charge in [-0.25, -0.2) is 4.39 Å².